The summed E-state index contributed by atoms with van der Waals surface area (Å²) in [6.45, 7) is 3.27. The monoisotopic (exact) mass is 255 g/mol. The quantitative estimate of drug-likeness (QED) is 0.857. The second-order valence-electron chi connectivity index (χ2n) is 4.90. The first-order valence-corrected chi connectivity index (χ1v) is 6.44. The molecule has 3 heteroatoms. The molecule has 0 amide bonds. The van der Waals surface area contributed by atoms with Crippen LogP contribution in [0.3, 0.4) is 0 Å². The number of nitrogen functional groups attached to an aromatic ring is 1. The summed E-state index contributed by atoms with van der Waals surface area (Å²) < 4.78 is 11.5. The fourth-order valence-corrected chi connectivity index (χ4v) is 2.36. The zero-order valence-electron chi connectivity index (χ0n) is 10.9. The molecule has 19 heavy (non-hydrogen) atoms. The van der Waals surface area contributed by atoms with Crippen LogP contribution < -0.4 is 15.2 Å². The largest absolute Gasteiger partial charge is 0.493 e. The Morgan fingerprint density at radius 1 is 1.26 bits per heavy atom. The van der Waals surface area contributed by atoms with Crippen molar-refractivity contribution in [3.05, 3.63) is 53.6 Å². The third-order valence-corrected chi connectivity index (χ3v) is 3.40. The van der Waals surface area contributed by atoms with Crippen molar-refractivity contribution in [2.24, 2.45) is 0 Å². The maximum Gasteiger partial charge on any atom is 0.142 e. The summed E-state index contributed by atoms with van der Waals surface area (Å²) in [6, 6.07) is 14.0. The van der Waals surface area contributed by atoms with Gasteiger partial charge in [-0.15, -0.1) is 0 Å². The van der Waals surface area contributed by atoms with E-state index in [1.165, 1.54) is 5.56 Å². The van der Waals surface area contributed by atoms with Crippen molar-refractivity contribution in [1.29, 1.82) is 0 Å². The van der Waals surface area contributed by atoms with Crippen LogP contribution in [-0.4, -0.2) is 13.2 Å². The van der Waals surface area contributed by atoms with E-state index in [1.54, 1.807) is 0 Å². The minimum atomic E-state index is 0.275. The van der Waals surface area contributed by atoms with Crippen LogP contribution in [0.2, 0.25) is 0 Å². The van der Waals surface area contributed by atoms with Crippen LogP contribution in [0.1, 0.15) is 17.0 Å². The minimum absolute atomic E-state index is 0.275. The molecule has 1 atom stereocenters. The summed E-state index contributed by atoms with van der Waals surface area (Å²) in [5, 5.41) is 0. The molecule has 1 unspecified atom stereocenters. The molecule has 0 aliphatic carbocycles. The van der Waals surface area contributed by atoms with Crippen molar-refractivity contribution < 1.29 is 9.47 Å². The van der Waals surface area contributed by atoms with Crippen molar-refractivity contribution in [2.45, 2.75) is 12.8 Å². The molecular weight excluding hydrogens is 238 g/mol. The fourth-order valence-electron chi connectivity index (χ4n) is 2.36. The van der Waals surface area contributed by atoms with E-state index in [0.29, 0.717) is 18.9 Å². The molecule has 1 aliphatic rings. The highest BCUT2D eigenvalue weighted by molar-refractivity contribution is 5.54. The summed E-state index contributed by atoms with van der Waals surface area (Å²) in [5.74, 6) is 1.99. The van der Waals surface area contributed by atoms with Crippen LogP contribution in [-0.2, 0) is 0 Å². The van der Waals surface area contributed by atoms with Crippen LogP contribution in [0.4, 0.5) is 5.69 Å². The number of anilines is 1. The van der Waals surface area contributed by atoms with Gasteiger partial charge in [0.05, 0.1) is 24.8 Å². The van der Waals surface area contributed by atoms with Gasteiger partial charge in [0.1, 0.15) is 11.5 Å². The standard InChI is InChI=1S/C16H17NO2/c1-11-6-7-16(14(17)8-11)19-10-12-9-18-15-5-3-2-4-13(12)15/h2-8,12H,9-10,17H2,1H3. The van der Waals surface area contributed by atoms with E-state index in [0.717, 1.165) is 17.1 Å². The average Bonchev–Trinajstić information content (AvgIpc) is 2.81. The molecule has 2 aromatic carbocycles. The predicted octanol–water partition coefficient (Wildman–Crippen LogP) is 3.13. The van der Waals surface area contributed by atoms with Gasteiger partial charge in [-0.1, -0.05) is 24.3 Å². The number of benzene rings is 2. The zero-order valence-corrected chi connectivity index (χ0v) is 10.9. The van der Waals surface area contributed by atoms with Crippen LogP contribution in [0.5, 0.6) is 11.5 Å². The Labute approximate surface area is 113 Å². The Morgan fingerprint density at radius 3 is 2.95 bits per heavy atom. The van der Waals surface area contributed by atoms with Gasteiger partial charge in [0.15, 0.2) is 0 Å². The lowest BCUT2D eigenvalue weighted by Gasteiger charge is -2.13. The number of para-hydroxylation sites is 1. The van der Waals surface area contributed by atoms with Gasteiger partial charge < -0.3 is 15.2 Å². The molecule has 3 nitrogen and oxygen atoms in total. The molecule has 0 saturated carbocycles. The third-order valence-electron chi connectivity index (χ3n) is 3.40. The molecule has 0 saturated heterocycles. The number of nitrogens with two attached hydrogens (primary N) is 1. The SMILES string of the molecule is Cc1ccc(OCC2COc3ccccc32)c(N)c1. The Balaban J connectivity index is 1.71. The number of rotatable bonds is 3. The highest BCUT2D eigenvalue weighted by Crippen LogP contribution is 2.34. The van der Waals surface area contributed by atoms with Crippen molar-refractivity contribution in [2.75, 3.05) is 18.9 Å². The molecule has 0 fully saturated rings. The van der Waals surface area contributed by atoms with E-state index in [4.69, 9.17) is 15.2 Å². The lowest BCUT2D eigenvalue weighted by molar-refractivity contribution is 0.249. The first-order chi connectivity index (χ1) is 9.24. The van der Waals surface area contributed by atoms with Crippen molar-refractivity contribution in [3.63, 3.8) is 0 Å². The van der Waals surface area contributed by atoms with Gasteiger partial charge in [-0.05, 0) is 30.7 Å². The summed E-state index contributed by atoms with van der Waals surface area (Å²) in [5.41, 5.74) is 8.99. The molecular formula is C16H17NO2. The second kappa shape index (κ2) is 4.84. The normalized spacial score (nSPS) is 16.8. The summed E-state index contributed by atoms with van der Waals surface area (Å²) in [7, 11) is 0. The molecule has 0 radical (unpaired) electrons. The molecule has 3 rings (SSSR count). The smallest absolute Gasteiger partial charge is 0.142 e. The number of ether oxygens (including phenoxy) is 2. The first kappa shape index (κ1) is 11.9. The van der Waals surface area contributed by atoms with Crippen LogP contribution in [0.15, 0.2) is 42.5 Å². The second-order valence-corrected chi connectivity index (χ2v) is 4.90. The number of hydrogen-bond donors (Lipinski definition) is 1. The third kappa shape index (κ3) is 2.36. The Hall–Kier alpha value is -2.16. The highest BCUT2D eigenvalue weighted by atomic mass is 16.5. The van der Waals surface area contributed by atoms with Crippen LogP contribution >= 0.6 is 0 Å². The Bertz CT molecular complexity index is 595. The van der Waals surface area contributed by atoms with Crippen LogP contribution in [0.25, 0.3) is 0 Å². The first-order valence-electron chi connectivity index (χ1n) is 6.44. The molecule has 0 bridgehead atoms. The molecule has 2 N–H and O–H groups in total. The van der Waals surface area contributed by atoms with Gasteiger partial charge in [0.25, 0.3) is 0 Å². The highest BCUT2D eigenvalue weighted by Gasteiger charge is 2.24. The van der Waals surface area contributed by atoms with Crippen molar-refractivity contribution in [1.82, 2.24) is 0 Å². The minimum Gasteiger partial charge on any atom is -0.493 e. The van der Waals surface area contributed by atoms with E-state index in [2.05, 4.69) is 6.07 Å². The molecule has 98 valence electrons. The zero-order chi connectivity index (χ0) is 13.2. The maximum atomic E-state index is 5.94. The van der Waals surface area contributed by atoms with Crippen molar-refractivity contribution in [3.8, 4) is 11.5 Å². The maximum absolute atomic E-state index is 5.94. The topological polar surface area (TPSA) is 44.5 Å². The number of aryl methyl sites for hydroxylation is 1. The van der Waals surface area contributed by atoms with Gasteiger partial charge >= 0.3 is 0 Å². The Morgan fingerprint density at radius 2 is 2.11 bits per heavy atom. The molecule has 0 aromatic heterocycles. The van der Waals surface area contributed by atoms with Crippen LogP contribution in [0, 0.1) is 6.92 Å². The molecule has 1 aliphatic heterocycles. The number of hydrogen-bond acceptors (Lipinski definition) is 3. The van der Waals surface area contributed by atoms with Gasteiger partial charge in [0.2, 0.25) is 0 Å². The molecule has 1 heterocycles. The van der Waals surface area contributed by atoms with E-state index < -0.39 is 0 Å². The summed E-state index contributed by atoms with van der Waals surface area (Å²) in [4.78, 5) is 0. The van der Waals surface area contributed by atoms with Gasteiger partial charge in [-0.3, -0.25) is 0 Å². The van der Waals surface area contributed by atoms with E-state index in [9.17, 15) is 0 Å². The lowest BCUT2D eigenvalue weighted by atomic mass is 10.0. The van der Waals surface area contributed by atoms with Gasteiger partial charge in [-0.25, -0.2) is 0 Å². The van der Waals surface area contributed by atoms with E-state index in [-0.39, 0.29) is 5.92 Å². The van der Waals surface area contributed by atoms with E-state index >= 15 is 0 Å². The summed E-state index contributed by atoms with van der Waals surface area (Å²) >= 11 is 0. The van der Waals surface area contributed by atoms with Gasteiger partial charge in [0, 0.05) is 5.56 Å². The number of fused-ring (bicyclic) bond motifs is 1. The predicted molar refractivity (Wildman–Crippen MR) is 75.8 cm³/mol. The Kier molecular flexibility index (Phi) is 3.03. The van der Waals surface area contributed by atoms with Gasteiger partial charge in [-0.2, -0.15) is 0 Å². The molecule has 2 aromatic rings. The van der Waals surface area contributed by atoms with E-state index in [1.807, 2.05) is 43.3 Å². The van der Waals surface area contributed by atoms with Crippen molar-refractivity contribution >= 4 is 5.69 Å². The fraction of sp³-hybridized carbons (Fsp3) is 0.250. The molecule has 0 spiro atoms. The lowest BCUT2D eigenvalue weighted by Crippen LogP contribution is -2.12. The average molecular weight is 255 g/mol. The summed E-state index contributed by atoms with van der Waals surface area (Å²) in [6.07, 6.45) is 0.